The molecule has 0 saturated heterocycles. The van der Waals surface area contributed by atoms with E-state index in [2.05, 4.69) is 5.32 Å². The number of Topliss-reactive ketones (excluding diaryl/α,β-unsaturated/α-hetero) is 1. The number of carbonyl (C=O) groups excluding carboxylic acids is 3. The Bertz CT molecular complexity index is 2380. The van der Waals surface area contributed by atoms with Crippen LogP contribution in [0.2, 0.25) is 0 Å². The van der Waals surface area contributed by atoms with Gasteiger partial charge in [-0.15, -0.1) is 0 Å². The number of carbonyl (C=O) groups is 3. The highest BCUT2D eigenvalue weighted by Gasteiger charge is 2.49. The lowest BCUT2D eigenvalue weighted by Gasteiger charge is -2.38. The lowest BCUT2D eigenvalue weighted by molar-refractivity contribution is -0.159. The molecule has 57 heavy (non-hydrogen) atoms. The van der Waals surface area contributed by atoms with Crippen LogP contribution in [-0.2, 0) is 19.1 Å². The average molecular weight is 786 g/mol. The minimum absolute atomic E-state index is 0.000382. The molecule has 0 spiro atoms. The fourth-order valence-electron chi connectivity index (χ4n) is 8.04. The number of nitrogens with zero attached hydrogens (tertiary/aromatic N) is 2. The number of hydrogen-bond acceptors (Lipinski definition) is 12. The zero-order valence-corrected chi connectivity index (χ0v) is 33.5. The molecule has 2 aliphatic heterocycles. The predicted octanol–water partition coefficient (Wildman–Crippen LogP) is 5.75. The number of aliphatic hydroxyl groups excluding tert-OH is 3. The molecular formula is C43H51N3O11. The van der Waals surface area contributed by atoms with E-state index in [-0.39, 0.29) is 49.9 Å². The second-order valence-electron chi connectivity index (χ2n) is 15.7. The Morgan fingerprint density at radius 1 is 1.00 bits per heavy atom. The van der Waals surface area contributed by atoms with Gasteiger partial charge in [0, 0.05) is 72.8 Å². The van der Waals surface area contributed by atoms with Crippen LogP contribution in [0, 0.1) is 43.4 Å². The number of aliphatic hydroxyl groups is 3. The third kappa shape index (κ3) is 7.10. The Morgan fingerprint density at radius 2 is 1.70 bits per heavy atom. The number of ketones is 1. The lowest BCUT2D eigenvalue weighted by atomic mass is 9.76. The molecule has 4 aromatic rings. The van der Waals surface area contributed by atoms with Gasteiger partial charge in [0.15, 0.2) is 5.75 Å². The summed E-state index contributed by atoms with van der Waals surface area (Å²) >= 11 is 0. The summed E-state index contributed by atoms with van der Waals surface area (Å²) in [5, 5.41) is 59.8. The van der Waals surface area contributed by atoms with Crippen LogP contribution in [0.25, 0.3) is 27.5 Å². The number of rotatable bonds is 2. The standard InChI is InChI=1S/C43H51N3O11/c1-19-13-15-46-28(17-19)44-32-29-30-37(51)25(7)40-31(29)41(53)43(9,57-40)55-16-14-27(18-47)22(4)39(56-26(8)48)24(6)36(50)23(5)35(49)20(2)11-10-12-21(3)42(54)45-33(34(32)46)38(30)52/h10-17,20,22-24,27,35-36,39,47,49-52H,18H2,1-9H3,(H,45,54)/b11-10+,16-14+,21-12-/t20?,22-,23?,24-,27-,35+,36-,39-,43+/m1/s1. The van der Waals surface area contributed by atoms with Crippen LogP contribution >= 0.6 is 0 Å². The van der Waals surface area contributed by atoms with Gasteiger partial charge in [0.2, 0.25) is 0 Å². The average Bonchev–Trinajstić information content (AvgIpc) is 3.67. The lowest BCUT2D eigenvalue weighted by Crippen LogP contribution is -2.45. The van der Waals surface area contributed by atoms with Gasteiger partial charge in [-0.3, -0.25) is 18.8 Å². The van der Waals surface area contributed by atoms with E-state index in [4.69, 9.17) is 19.2 Å². The first-order chi connectivity index (χ1) is 26.8. The van der Waals surface area contributed by atoms with Crippen LogP contribution in [-0.4, -0.2) is 83.3 Å². The molecule has 0 saturated carbocycles. The highest BCUT2D eigenvalue weighted by atomic mass is 16.7. The molecule has 14 heteroatoms. The van der Waals surface area contributed by atoms with Crippen LogP contribution in [0.1, 0.15) is 70.0 Å². The highest BCUT2D eigenvalue weighted by Crippen LogP contribution is 2.54. The van der Waals surface area contributed by atoms with Crippen molar-refractivity contribution in [3.8, 4) is 17.2 Å². The molecule has 6 N–H and O–H groups in total. The van der Waals surface area contributed by atoms with Crippen molar-refractivity contribution in [3.05, 3.63) is 71.2 Å². The zero-order valence-electron chi connectivity index (χ0n) is 33.5. The smallest absolute Gasteiger partial charge is 0.312 e. The number of phenols is 2. The number of aromatic nitrogens is 2. The minimum Gasteiger partial charge on any atom is -0.507 e. The maximum absolute atomic E-state index is 14.5. The minimum atomic E-state index is -1.98. The number of phenolic OH excluding ortho intramolecular Hbond substituents is 2. The molecule has 304 valence electrons. The molecule has 0 fully saturated rings. The normalized spacial score (nSPS) is 30.8. The number of nitrogens with one attached hydrogen (secondary N) is 1. The molecule has 0 aliphatic carbocycles. The van der Waals surface area contributed by atoms with Crippen molar-refractivity contribution in [1.29, 1.82) is 0 Å². The van der Waals surface area contributed by atoms with Gasteiger partial charge in [0.1, 0.15) is 40.0 Å². The van der Waals surface area contributed by atoms with E-state index in [0.29, 0.717) is 5.65 Å². The molecule has 4 bridgehead atoms. The number of pyridine rings is 1. The Hall–Kier alpha value is -5.44. The number of aryl methyl sites for hydroxylation is 1. The van der Waals surface area contributed by atoms with E-state index in [1.165, 1.54) is 33.1 Å². The largest absolute Gasteiger partial charge is 0.507 e. The second kappa shape index (κ2) is 15.5. The summed E-state index contributed by atoms with van der Waals surface area (Å²) in [5.74, 6) is -7.88. The number of aromatic hydroxyl groups is 2. The molecule has 6 rings (SSSR count). The van der Waals surface area contributed by atoms with Crippen LogP contribution < -0.4 is 10.1 Å². The maximum Gasteiger partial charge on any atom is 0.312 e. The van der Waals surface area contributed by atoms with Gasteiger partial charge in [-0.05, 0) is 44.5 Å². The SMILES string of the molecule is CC(=O)O[C@@H]1[C@H](C)[C@@H](CO)/C=C/O[C@@]2(C)Oc3c(C)c(O)c4c(O)c(c5c(nc6cc(C)ccn65)c4c3C2=O)NC(=O)/C(C)=C\C=C\C(C)[C@H](O)C(C)[C@@H](O)[C@H]1C. The Morgan fingerprint density at radius 3 is 2.37 bits per heavy atom. The van der Waals surface area contributed by atoms with Crippen molar-refractivity contribution < 1.29 is 54.1 Å². The van der Waals surface area contributed by atoms with Gasteiger partial charge in [-0.1, -0.05) is 45.9 Å². The summed E-state index contributed by atoms with van der Waals surface area (Å²) in [5.41, 5.74) is 2.09. The first kappa shape index (κ1) is 41.2. The fourth-order valence-corrected chi connectivity index (χ4v) is 8.04. The molecule has 2 aromatic heterocycles. The number of hydrogen-bond donors (Lipinski definition) is 6. The van der Waals surface area contributed by atoms with Crippen molar-refractivity contribution in [2.45, 2.75) is 86.4 Å². The van der Waals surface area contributed by atoms with Crippen molar-refractivity contribution >= 4 is 50.8 Å². The summed E-state index contributed by atoms with van der Waals surface area (Å²) < 4.78 is 19.6. The van der Waals surface area contributed by atoms with Crippen LogP contribution in [0.3, 0.4) is 0 Å². The van der Waals surface area contributed by atoms with Crippen molar-refractivity contribution in [3.63, 3.8) is 0 Å². The van der Waals surface area contributed by atoms with E-state index in [9.17, 15) is 39.9 Å². The molecule has 9 atom stereocenters. The number of fused-ring (bicyclic) bond motifs is 2. The monoisotopic (exact) mass is 785 g/mol. The Labute approximate surface area is 330 Å². The third-order valence-corrected chi connectivity index (χ3v) is 11.7. The second-order valence-corrected chi connectivity index (χ2v) is 15.7. The molecule has 2 unspecified atom stereocenters. The molecule has 2 aliphatic rings. The van der Waals surface area contributed by atoms with Crippen molar-refractivity contribution in [2.24, 2.45) is 29.6 Å². The van der Waals surface area contributed by atoms with Crippen molar-refractivity contribution in [1.82, 2.24) is 9.38 Å². The Kier molecular flexibility index (Phi) is 11.2. The summed E-state index contributed by atoms with van der Waals surface area (Å²) in [6, 6.07) is 3.62. The molecular weight excluding hydrogens is 734 g/mol. The van der Waals surface area contributed by atoms with Crippen LogP contribution in [0.15, 0.2) is 54.5 Å². The summed E-state index contributed by atoms with van der Waals surface area (Å²) in [7, 11) is 0. The molecule has 14 nitrogen and oxygen atoms in total. The van der Waals surface area contributed by atoms with Gasteiger partial charge in [-0.25, -0.2) is 4.98 Å². The van der Waals surface area contributed by atoms with Crippen molar-refractivity contribution in [2.75, 3.05) is 11.9 Å². The van der Waals surface area contributed by atoms with Crippen LogP contribution in [0.5, 0.6) is 17.2 Å². The number of benzene rings is 2. The maximum atomic E-state index is 14.5. The van der Waals surface area contributed by atoms with Gasteiger partial charge in [0.25, 0.3) is 11.7 Å². The predicted molar refractivity (Wildman–Crippen MR) is 213 cm³/mol. The van der Waals surface area contributed by atoms with E-state index < -0.39 is 89.5 Å². The number of anilines is 1. The van der Waals surface area contributed by atoms with Gasteiger partial charge >= 0.3 is 11.8 Å². The van der Waals surface area contributed by atoms with Crippen LogP contribution in [0.4, 0.5) is 5.69 Å². The number of esters is 1. The van der Waals surface area contributed by atoms with Gasteiger partial charge in [-0.2, -0.15) is 0 Å². The highest BCUT2D eigenvalue weighted by molar-refractivity contribution is 6.28. The molecule has 0 radical (unpaired) electrons. The molecule has 4 heterocycles. The molecule has 2 aromatic carbocycles. The van der Waals surface area contributed by atoms with E-state index in [1.54, 1.807) is 69.5 Å². The summed E-state index contributed by atoms with van der Waals surface area (Å²) in [6.07, 6.45) is 6.19. The van der Waals surface area contributed by atoms with E-state index in [0.717, 1.165) is 5.56 Å². The quantitative estimate of drug-likeness (QED) is 0.106. The topological polar surface area (TPSA) is 209 Å². The molecule has 1 amide bonds. The first-order valence-corrected chi connectivity index (χ1v) is 19.0. The van der Waals surface area contributed by atoms with E-state index in [1.807, 2.05) is 13.0 Å². The van der Waals surface area contributed by atoms with E-state index >= 15 is 0 Å². The number of ether oxygens (including phenoxy) is 3. The number of amides is 1. The Balaban J connectivity index is 1.58. The number of allylic oxidation sites excluding steroid dienone is 2. The number of imidazole rings is 1. The fraction of sp³-hybridized carbons (Fsp3) is 0.442. The van der Waals surface area contributed by atoms with Gasteiger partial charge < -0.3 is 45.1 Å². The van der Waals surface area contributed by atoms with Gasteiger partial charge in [0.05, 0.1) is 29.4 Å². The summed E-state index contributed by atoms with van der Waals surface area (Å²) in [6.45, 7) is 14.1. The summed E-state index contributed by atoms with van der Waals surface area (Å²) in [4.78, 5) is 45.5. The first-order valence-electron chi connectivity index (χ1n) is 19.0. The third-order valence-electron chi connectivity index (χ3n) is 11.7. The zero-order chi connectivity index (χ0) is 41.8.